The third-order valence-corrected chi connectivity index (χ3v) is 3.34. The lowest BCUT2D eigenvalue weighted by Gasteiger charge is -2.38. The van der Waals surface area contributed by atoms with Gasteiger partial charge in [-0.05, 0) is 35.0 Å². The summed E-state index contributed by atoms with van der Waals surface area (Å²) < 4.78 is 0.795. The molecular formula is C11H14BrN3O2. The van der Waals surface area contributed by atoms with E-state index in [1.165, 1.54) is 4.90 Å². The van der Waals surface area contributed by atoms with E-state index in [-0.39, 0.29) is 6.04 Å². The van der Waals surface area contributed by atoms with Crippen LogP contribution in [0.25, 0.3) is 0 Å². The van der Waals surface area contributed by atoms with Crippen molar-refractivity contribution in [3.63, 3.8) is 0 Å². The summed E-state index contributed by atoms with van der Waals surface area (Å²) in [6.45, 7) is 3.79. The number of piperazine rings is 1. The van der Waals surface area contributed by atoms with Crippen molar-refractivity contribution in [2.24, 2.45) is 0 Å². The van der Waals surface area contributed by atoms with Crippen molar-refractivity contribution in [1.29, 1.82) is 0 Å². The van der Waals surface area contributed by atoms with Gasteiger partial charge in [0.25, 0.3) is 0 Å². The third-order valence-electron chi connectivity index (χ3n) is 2.90. The van der Waals surface area contributed by atoms with Crippen molar-refractivity contribution in [3.05, 3.63) is 22.8 Å². The summed E-state index contributed by atoms with van der Waals surface area (Å²) in [5.74, 6) is 0.885. The Labute approximate surface area is 108 Å². The largest absolute Gasteiger partial charge is 0.465 e. The molecule has 1 atom stereocenters. The molecule has 1 aliphatic rings. The average molecular weight is 300 g/mol. The fraction of sp³-hybridized carbons (Fsp3) is 0.455. The van der Waals surface area contributed by atoms with Crippen molar-refractivity contribution in [2.45, 2.75) is 13.0 Å². The van der Waals surface area contributed by atoms with E-state index in [0.29, 0.717) is 19.6 Å². The standard InChI is InChI=1S/C11H14BrN3O2/c1-8-7-14(5-6-15(8)11(16)17)10-4-2-3-9(12)13-10/h2-4,8H,5-7H2,1H3,(H,16,17). The van der Waals surface area contributed by atoms with Crippen LogP contribution >= 0.6 is 15.9 Å². The Morgan fingerprint density at radius 2 is 2.29 bits per heavy atom. The van der Waals surface area contributed by atoms with Crippen LogP contribution in [-0.4, -0.2) is 46.8 Å². The van der Waals surface area contributed by atoms with E-state index in [1.807, 2.05) is 25.1 Å². The van der Waals surface area contributed by atoms with Gasteiger partial charge in [-0.3, -0.25) is 0 Å². The number of carbonyl (C=O) groups is 1. The zero-order valence-corrected chi connectivity index (χ0v) is 11.1. The molecule has 0 spiro atoms. The number of aromatic nitrogens is 1. The monoisotopic (exact) mass is 299 g/mol. The second-order valence-electron chi connectivity index (χ2n) is 4.09. The van der Waals surface area contributed by atoms with E-state index in [1.54, 1.807) is 0 Å². The van der Waals surface area contributed by atoms with Crippen molar-refractivity contribution in [2.75, 3.05) is 24.5 Å². The van der Waals surface area contributed by atoms with Crippen molar-refractivity contribution in [3.8, 4) is 0 Å². The lowest BCUT2D eigenvalue weighted by molar-refractivity contribution is 0.122. The van der Waals surface area contributed by atoms with Gasteiger partial charge in [0, 0.05) is 25.7 Å². The normalized spacial score (nSPS) is 20.5. The first-order chi connectivity index (χ1) is 8.08. The van der Waals surface area contributed by atoms with E-state index >= 15 is 0 Å². The number of halogens is 1. The quantitative estimate of drug-likeness (QED) is 0.806. The molecular weight excluding hydrogens is 286 g/mol. The fourth-order valence-electron chi connectivity index (χ4n) is 2.02. The fourth-order valence-corrected chi connectivity index (χ4v) is 2.36. The molecule has 0 saturated carbocycles. The van der Waals surface area contributed by atoms with Gasteiger partial charge in [0.1, 0.15) is 10.4 Å². The molecule has 92 valence electrons. The van der Waals surface area contributed by atoms with Gasteiger partial charge in [0.2, 0.25) is 0 Å². The van der Waals surface area contributed by atoms with Gasteiger partial charge in [0.15, 0.2) is 0 Å². The number of anilines is 1. The Morgan fingerprint density at radius 1 is 1.53 bits per heavy atom. The highest BCUT2D eigenvalue weighted by Crippen LogP contribution is 2.19. The minimum atomic E-state index is -0.848. The number of hydrogen-bond acceptors (Lipinski definition) is 3. The van der Waals surface area contributed by atoms with Gasteiger partial charge in [-0.2, -0.15) is 0 Å². The molecule has 1 N–H and O–H groups in total. The van der Waals surface area contributed by atoms with Gasteiger partial charge in [-0.1, -0.05) is 6.07 Å². The molecule has 2 heterocycles. The van der Waals surface area contributed by atoms with Gasteiger partial charge >= 0.3 is 6.09 Å². The Hall–Kier alpha value is -1.30. The molecule has 0 bridgehead atoms. The number of pyridine rings is 1. The van der Waals surface area contributed by atoms with Crippen LogP contribution in [0.5, 0.6) is 0 Å². The predicted molar refractivity (Wildman–Crippen MR) is 68.3 cm³/mol. The van der Waals surface area contributed by atoms with Crippen LogP contribution < -0.4 is 4.90 Å². The molecule has 1 aromatic heterocycles. The maximum atomic E-state index is 10.9. The zero-order valence-electron chi connectivity index (χ0n) is 9.51. The summed E-state index contributed by atoms with van der Waals surface area (Å²) in [6, 6.07) is 5.73. The minimum absolute atomic E-state index is 0.0120. The van der Waals surface area contributed by atoms with E-state index in [4.69, 9.17) is 5.11 Å². The van der Waals surface area contributed by atoms with Crippen molar-refractivity contribution in [1.82, 2.24) is 9.88 Å². The maximum Gasteiger partial charge on any atom is 0.407 e. The summed E-state index contributed by atoms with van der Waals surface area (Å²) in [5, 5.41) is 8.99. The first kappa shape index (κ1) is 12.2. The lowest BCUT2D eigenvalue weighted by atomic mass is 10.2. The number of nitrogens with zero attached hydrogens (tertiary/aromatic N) is 3. The zero-order chi connectivity index (χ0) is 12.4. The Balaban J connectivity index is 2.09. The lowest BCUT2D eigenvalue weighted by Crippen LogP contribution is -2.53. The molecule has 0 aromatic carbocycles. The highest BCUT2D eigenvalue weighted by atomic mass is 79.9. The van der Waals surface area contributed by atoms with E-state index in [9.17, 15) is 4.79 Å². The molecule has 1 unspecified atom stereocenters. The molecule has 1 aliphatic heterocycles. The summed E-state index contributed by atoms with van der Waals surface area (Å²) in [6.07, 6.45) is -0.848. The highest BCUT2D eigenvalue weighted by molar-refractivity contribution is 9.10. The molecule has 0 radical (unpaired) electrons. The molecule has 1 amide bonds. The maximum absolute atomic E-state index is 10.9. The molecule has 1 fully saturated rings. The van der Waals surface area contributed by atoms with Crippen LogP contribution in [0.4, 0.5) is 10.6 Å². The van der Waals surface area contributed by atoms with Gasteiger partial charge in [-0.25, -0.2) is 9.78 Å². The summed E-state index contributed by atoms with van der Waals surface area (Å²) >= 11 is 3.34. The summed E-state index contributed by atoms with van der Waals surface area (Å²) in [7, 11) is 0. The molecule has 2 rings (SSSR count). The highest BCUT2D eigenvalue weighted by Gasteiger charge is 2.27. The molecule has 6 heteroatoms. The molecule has 1 aromatic rings. The molecule has 5 nitrogen and oxygen atoms in total. The van der Waals surface area contributed by atoms with E-state index in [0.717, 1.165) is 10.4 Å². The number of amides is 1. The molecule has 0 aliphatic carbocycles. The van der Waals surface area contributed by atoms with Crippen LogP contribution in [0.15, 0.2) is 22.8 Å². The third kappa shape index (κ3) is 2.69. The van der Waals surface area contributed by atoms with E-state index in [2.05, 4.69) is 25.8 Å². The Morgan fingerprint density at radius 3 is 2.88 bits per heavy atom. The first-order valence-electron chi connectivity index (χ1n) is 5.45. The Bertz CT molecular complexity index is 427. The summed E-state index contributed by atoms with van der Waals surface area (Å²) in [5.41, 5.74) is 0. The van der Waals surface area contributed by atoms with Crippen molar-refractivity contribution < 1.29 is 9.90 Å². The predicted octanol–water partition coefficient (Wildman–Crippen LogP) is 2.03. The first-order valence-corrected chi connectivity index (χ1v) is 6.24. The average Bonchev–Trinajstić information content (AvgIpc) is 2.28. The van der Waals surface area contributed by atoms with Gasteiger partial charge in [0.05, 0.1) is 0 Å². The SMILES string of the molecule is CC1CN(c2cccc(Br)n2)CCN1C(=O)O. The van der Waals surface area contributed by atoms with Gasteiger partial charge in [-0.15, -0.1) is 0 Å². The number of rotatable bonds is 1. The van der Waals surface area contributed by atoms with E-state index < -0.39 is 6.09 Å². The second kappa shape index (κ2) is 4.91. The Kier molecular flexibility index (Phi) is 3.51. The number of carboxylic acid groups (broad SMARTS) is 1. The molecule has 17 heavy (non-hydrogen) atoms. The topological polar surface area (TPSA) is 56.7 Å². The minimum Gasteiger partial charge on any atom is -0.465 e. The van der Waals surface area contributed by atoms with Crippen LogP contribution in [0.1, 0.15) is 6.92 Å². The number of hydrogen-bond donors (Lipinski definition) is 1. The van der Waals surface area contributed by atoms with Crippen LogP contribution in [0.2, 0.25) is 0 Å². The smallest absolute Gasteiger partial charge is 0.407 e. The van der Waals surface area contributed by atoms with Crippen molar-refractivity contribution >= 4 is 27.8 Å². The van der Waals surface area contributed by atoms with Crippen LogP contribution in [0.3, 0.4) is 0 Å². The van der Waals surface area contributed by atoms with Gasteiger partial charge < -0.3 is 14.9 Å². The van der Waals surface area contributed by atoms with Crippen LogP contribution in [-0.2, 0) is 0 Å². The summed E-state index contributed by atoms with van der Waals surface area (Å²) in [4.78, 5) is 18.9. The molecule has 1 saturated heterocycles. The second-order valence-corrected chi connectivity index (χ2v) is 4.90. The van der Waals surface area contributed by atoms with Crippen LogP contribution in [0, 0.1) is 0 Å².